The van der Waals surface area contributed by atoms with Crippen LogP contribution in [-0.2, 0) is 13.2 Å². The standard InChI is InChI=1S/C21H19BrClNO/c1-15-11-18(22)8-9-20(15)24-13-17-7-10-21(19(23)12-17)25-14-16-5-3-2-4-6-16/h2-12,24H,13-14H2,1H3. The Morgan fingerprint density at radius 2 is 1.76 bits per heavy atom. The average molecular weight is 417 g/mol. The summed E-state index contributed by atoms with van der Waals surface area (Å²) in [7, 11) is 0. The van der Waals surface area contributed by atoms with Gasteiger partial charge in [-0.05, 0) is 53.9 Å². The average Bonchev–Trinajstić information content (AvgIpc) is 2.61. The van der Waals surface area contributed by atoms with Crippen molar-refractivity contribution in [2.24, 2.45) is 0 Å². The molecular formula is C21H19BrClNO. The first-order chi connectivity index (χ1) is 12.1. The fourth-order valence-electron chi connectivity index (χ4n) is 2.53. The van der Waals surface area contributed by atoms with Crippen LogP contribution in [0.1, 0.15) is 16.7 Å². The second kappa shape index (κ2) is 8.41. The summed E-state index contributed by atoms with van der Waals surface area (Å²) in [5.41, 5.74) is 4.54. The van der Waals surface area contributed by atoms with E-state index in [0.717, 1.165) is 21.3 Å². The Morgan fingerprint density at radius 1 is 0.960 bits per heavy atom. The molecule has 3 rings (SSSR count). The van der Waals surface area contributed by atoms with E-state index < -0.39 is 0 Å². The Labute approximate surface area is 161 Å². The number of nitrogens with one attached hydrogen (secondary N) is 1. The molecule has 2 nitrogen and oxygen atoms in total. The van der Waals surface area contributed by atoms with Crippen molar-refractivity contribution in [3.63, 3.8) is 0 Å². The molecule has 25 heavy (non-hydrogen) atoms. The highest BCUT2D eigenvalue weighted by atomic mass is 79.9. The second-order valence-electron chi connectivity index (χ2n) is 5.85. The number of aryl methyl sites for hydroxylation is 1. The Hall–Kier alpha value is -1.97. The molecule has 3 aromatic rings. The predicted octanol–water partition coefficient (Wildman–Crippen LogP) is 6.60. The van der Waals surface area contributed by atoms with Crippen LogP contribution in [0, 0.1) is 6.92 Å². The molecule has 0 unspecified atom stereocenters. The molecule has 0 atom stereocenters. The minimum atomic E-state index is 0.510. The first-order valence-electron chi connectivity index (χ1n) is 8.07. The second-order valence-corrected chi connectivity index (χ2v) is 7.17. The topological polar surface area (TPSA) is 21.3 Å². The van der Waals surface area contributed by atoms with Gasteiger partial charge in [-0.3, -0.25) is 0 Å². The van der Waals surface area contributed by atoms with Gasteiger partial charge in [0.2, 0.25) is 0 Å². The molecule has 0 bridgehead atoms. The van der Waals surface area contributed by atoms with E-state index in [1.165, 1.54) is 5.56 Å². The normalized spacial score (nSPS) is 10.5. The first-order valence-corrected chi connectivity index (χ1v) is 9.24. The molecule has 0 amide bonds. The fraction of sp³-hybridized carbons (Fsp3) is 0.143. The summed E-state index contributed by atoms with van der Waals surface area (Å²) in [5.74, 6) is 0.703. The van der Waals surface area contributed by atoms with Gasteiger partial charge in [-0.1, -0.05) is 63.9 Å². The van der Waals surface area contributed by atoms with Crippen molar-refractivity contribution < 1.29 is 4.74 Å². The van der Waals surface area contributed by atoms with Gasteiger partial charge < -0.3 is 10.1 Å². The molecule has 0 aliphatic rings. The quantitative estimate of drug-likeness (QED) is 0.488. The largest absolute Gasteiger partial charge is 0.487 e. The molecule has 0 saturated heterocycles. The van der Waals surface area contributed by atoms with Crippen molar-refractivity contribution >= 4 is 33.2 Å². The number of anilines is 1. The maximum absolute atomic E-state index is 6.37. The molecule has 0 saturated carbocycles. The molecule has 0 aliphatic carbocycles. The van der Waals surface area contributed by atoms with Crippen LogP contribution in [0.15, 0.2) is 71.2 Å². The lowest BCUT2D eigenvalue weighted by molar-refractivity contribution is 0.306. The first kappa shape index (κ1) is 17.8. The highest BCUT2D eigenvalue weighted by Gasteiger charge is 2.05. The summed E-state index contributed by atoms with van der Waals surface area (Å²) in [5, 5.41) is 4.07. The Morgan fingerprint density at radius 3 is 2.48 bits per heavy atom. The number of hydrogen-bond donors (Lipinski definition) is 1. The van der Waals surface area contributed by atoms with Crippen molar-refractivity contribution in [2.75, 3.05) is 5.32 Å². The van der Waals surface area contributed by atoms with Gasteiger partial charge in [0.25, 0.3) is 0 Å². The number of ether oxygens (including phenoxy) is 1. The third-order valence-electron chi connectivity index (χ3n) is 3.90. The molecule has 0 aliphatic heterocycles. The maximum Gasteiger partial charge on any atom is 0.138 e. The predicted molar refractivity (Wildman–Crippen MR) is 108 cm³/mol. The molecule has 1 N–H and O–H groups in total. The summed E-state index contributed by atoms with van der Waals surface area (Å²) < 4.78 is 6.90. The van der Waals surface area contributed by atoms with Gasteiger partial charge in [-0.15, -0.1) is 0 Å². The van der Waals surface area contributed by atoms with Crippen LogP contribution in [0.2, 0.25) is 5.02 Å². The summed E-state index contributed by atoms with van der Waals surface area (Å²) in [4.78, 5) is 0. The van der Waals surface area contributed by atoms with Crippen molar-refractivity contribution in [2.45, 2.75) is 20.1 Å². The number of rotatable bonds is 6. The molecule has 0 fully saturated rings. The Balaban J connectivity index is 1.61. The van der Waals surface area contributed by atoms with E-state index in [9.17, 15) is 0 Å². The van der Waals surface area contributed by atoms with Gasteiger partial charge in [-0.25, -0.2) is 0 Å². The Kier molecular flexibility index (Phi) is 6.00. The lowest BCUT2D eigenvalue weighted by Gasteiger charge is -2.12. The molecule has 0 spiro atoms. The molecule has 4 heteroatoms. The van der Waals surface area contributed by atoms with Gasteiger partial charge in [-0.2, -0.15) is 0 Å². The summed E-state index contributed by atoms with van der Waals surface area (Å²) in [6.45, 7) is 3.30. The number of halogens is 2. The molecular weight excluding hydrogens is 398 g/mol. The van der Waals surface area contributed by atoms with E-state index in [-0.39, 0.29) is 0 Å². The Bertz CT molecular complexity index is 852. The molecule has 0 aromatic heterocycles. The third-order valence-corrected chi connectivity index (χ3v) is 4.69. The van der Waals surface area contributed by atoms with Crippen molar-refractivity contribution in [3.8, 4) is 5.75 Å². The summed E-state index contributed by atoms with van der Waals surface area (Å²) >= 11 is 9.85. The van der Waals surface area contributed by atoms with Crippen LogP contribution < -0.4 is 10.1 Å². The summed E-state index contributed by atoms with van der Waals surface area (Å²) in [6, 6.07) is 22.2. The number of hydrogen-bond acceptors (Lipinski definition) is 2. The van der Waals surface area contributed by atoms with Crippen LogP contribution in [0.4, 0.5) is 5.69 Å². The zero-order valence-electron chi connectivity index (χ0n) is 13.9. The van der Waals surface area contributed by atoms with E-state index in [2.05, 4.69) is 40.3 Å². The zero-order chi connectivity index (χ0) is 17.6. The van der Waals surface area contributed by atoms with E-state index >= 15 is 0 Å². The van der Waals surface area contributed by atoms with Gasteiger partial charge >= 0.3 is 0 Å². The molecule has 0 radical (unpaired) electrons. The fourth-order valence-corrected chi connectivity index (χ4v) is 3.26. The summed E-state index contributed by atoms with van der Waals surface area (Å²) in [6.07, 6.45) is 0. The highest BCUT2D eigenvalue weighted by Crippen LogP contribution is 2.27. The van der Waals surface area contributed by atoms with Crippen LogP contribution >= 0.6 is 27.5 Å². The van der Waals surface area contributed by atoms with Crippen LogP contribution in [-0.4, -0.2) is 0 Å². The van der Waals surface area contributed by atoms with Crippen LogP contribution in [0.3, 0.4) is 0 Å². The van der Waals surface area contributed by atoms with Crippen molar-refractivity contribution in [3.05, 3.63) is 92.9 Å². The SMILES string of the molecule is Cc1cc(Br)ccc1NCc1ccc(OCc2ccccc2)c(Cl)c1. The highest BCUT2D eigenvalue weighted by molar-refractivity contribution is 9.10. The lowest BCUT2D eigenvalue weighted by Crippen LogP contribution is -2.02. The van der Waals surface area contributed by atoms with Gasteiger partial charge in [0.15, 0.2) is 0 Å². The third kappa shape index (κ3) is 5.00. The van der Waals surface area contributed by atoms with Crippen molar-refractivity contribution in [1.82, 2.24) is 0 Å². The van der Waals surface area contributed by atoms with Crippen LogP contribution in [0.5, 0.6) is 5.75 Å². The zero-order valence-corrected chi connectivity index (χ0v) is 16.3. The van der Waals surface area contributed by atoms with Crippen LogP contribution in [0.25, 0.3) is 0 Å². The van der Waals surface area contributed by atoms with Gasteiger partial charge in [0.1, 0.15) is 12.4 Å². The van der Waals surface area contributed by atoms with Gasteiger partial charge in [0, 0.05) is 16.7 Å². The van der Waals surface area contributed by atoms with E-state index in [4.69, 9.17) is 16.3 Å². The minimum absolute atomic E-state index is 0.510. The maximum atomic E-state index is 6.37. The lowest BCUT2D eigenvalue weighted by atomic mass is 10.1. The smallest absolute Gasteiger partial charge is 0.138 e. The molecule has 3 aromatic carbocycles. The number of benzene rings is 3. The molecule has 128 valence electrons. The van der Waals surface area contributed by atoms with Crippen molar-refractivity contribution in [1.29, 1.82) is 0 Å². The van der Waals surface area contributed by atoms with E-state index in [1.807, 2.05) is 54.6 Å². The van der Waals surface area contributed by atoms with E-state index in [0.29, 0.717) is 23.9 Å². The van der Waals surface area contributed by atoms with Gasteiger partial charge in [0.05, 0.1) is 5.02 Å². The molecule has 0 heterocycles. The monoisotopic (exact) mass is 415 g/mol. The minimum Gasteiger partial charge on any atom is -0.487 e. The van der Waals surface area contributed by atoms with E-state index in [1.54, 1.807) is 0 Å².